The molecular formula is C20H36N4O2. The monoisotopic (exact) mass is 364 g/mol. The average Bonchev–Trinajstić information content (AvgIpc) is 2.61. The van der Waals surface area contributed by atoms with Crippen molar-refractivity contribution in [2.45, 2.75) is 39.7 Å². The van der Waals surface area contributed by atoms with Crippen LogP contribution in [0.15, 0.2) is 23.2 Å². The molecule has 0 aliphatic carbocycles. The third-order valence-corrected chi connectivity index (χ3v) is 3.91. The summed E-state index contributed by atoms with van der Waals surface area (Å²) in [5.74, 6) is 2.45. The first-order chi connectivity index (χ1) is 12.3. The number of aliphatic imine (C=N–C) groups is 1. The fourth-order valence-corrected chi connectivity index (χ4v) is 2.50. The first-order valence-corrected chi connectivity index (χ1v) is 9.26. The van der Waals surface area contributed by atoms with Gasteiger partial charge in [0.1, 0.15) is 0 Å². The summed E-state index contributed by atoms with van der Waals surface area (Å²) in [6.45, 7) is 11.9. The Morgan fingerprint density at radius 1 is 1.15 bits per heavy atom. The fourth-order valence-electron chi connectivity index (χ4n) is 2.50. The van der Waals surface area contributed by atoms with Gasteiger partial charge in [0.25, 0.3) is 0 Å². The van der Waals surface area contributed by atoms with Crippen LogP contribution in [0.4, 0.5) is 0 Å². The van der Waals surface area contributed by atoms with E-state index < -0.39 is 0 Å². The molecule has 0 atom stereocenters. The van der Waals surface area contributed by atoms with Gasteiger partial charge in [-0.3, -0.25) is 4.99 Å². The average molecular weight is 365 g/mol. The summed E-state index contributed by atoms with van der Waals surface area (Å²) in [5.41, 5.74) is 1.33. The second kappa shape index (κ2) is 10.9. The van der Waals surface area contributed by atoms with Gasteiger partial charge < -0.3 is 25.0 Å². The van der Waals surface area contributed by atoms with Crippen molar-refractivity contribution in [3.8, 4) is 11.5 Å². The van der Waals surface area contributed by atoms with Crippen LogP contribution in [0.2, 0.25) is 0 Å². The van der Waals surface area contributed by atoms with Crippen LogP contribution >= 0.6 is 0 Å². The summed E-state index contributed by atoms with van der Waals surface area (Å²) in [6, 6.07) is 6.06. The smallest absolute Gasteiger partial charge is 0.193 e. The second-order valence-corrected chi connectivity index (χ2v) is 7.27. The number of benzene rings is 1. The normalized spacial score (nSPS) is 12.0. The summed E-state index contributed by atoms with van der Waals surface area (Å²) in [4.78, 5) is 6.88. The van der Waals surface area contributed by atoms with E-state index in [1.54, 1.807) is 14.2 Å². The topological polar surface area (TPSA) is 58.1 Å². The maximum Gasteiger partial charge on any atom is 0.193 e. The Labute approximate surface area is 159 Å². The minimum absolute atomic E-state index is 0.118. The molecule has 0 amide bonds. The molecule has 0 radical (unpaired) electrons. The number of methoxy groups -OCH3 is 2. The summed E-state index contributed by atoms with van der Waals surface area (Å²) in [5, 5.41) is 6.82. The lowest BCUT2D eigenvalue weighted by Crippen LogP contribution is -2.41. The van der Waals surface area contributed by atoms with Crippen molar-refractivity contribution in [3.63, 3.8) is 0 Å². The van der Waals surface area contributed by atoms with E-state index in [1.807, 2.05) is 12.1 Å². The van der Waals surface area contributed by atoms with Crippen molar-refractivity contribution in [1.29, 1.82) is 0 Å². The Kier molecular flexibility index (Phi) is 9.27. The Morgan fingerprint density at radius 2 is 1.85 bits per heavy atom. The lowest BCUT2D eigenvalue weighted by atomic mass is 10.1. The lowest BCUT2D eigenvalue weighted by Gasteiger charge is -2.23. The zero-order valence-corrected chi connectivity index (χ0v) is 17.5. The first-order valence-electron chi connectivity index (χ1n) is 9.26. The van der Waals surface area contributed by atoms with Gasteiger partial charge in [0.15, 0.2) is 17.5 Å². The van der Waals surface area contributed by atoms with E-state index in [-0.39, 0.29) is 5.54 Å². The first kappa shape index (κ1) is 22.1. The summed E-state index contributed by atoms with van der Waals surface area (Å²) >= 11 is 0. The number of hydrogen-bond acceptors (Lipinski definition) is 4. The van der Waals surface area contributed by atoms with Crippen molar-refractivity contribution >= 4 is 5.96 Å². The maximum atomic E-state index is 5.38. The molecule has 0 spiro atoms. The third-order valence-electron chi connectivity index (χ3n) is 3.91. The molecule has 0 unspecified atom stereocenters. The summed E-state index contributed by atoms with van der Waals surface area (Å²) in [7, 11) is 5.38. The molecule has 0 bridgehead atoms. The van der Waals surface area contributed by atoms with Gasteiger partial charge in [0.2, 0.25) is 0 Å². The van der Waals surface area contributed by atoms with E-state index >= 15 is 0 Å². The molecule has 2 N–H and O–H groups in total. The zero-order chi connectivity index (χ0) is 19.6. The largest absolute Gasteiger partial charge is 0.493 e. The van der Waals surface area contributed by atoms with Crippen LogP contribution in [0.5, 0.6) is 11.5 Å². The Balaban J connectivity index is 2.62. The standard InChI is InChI=1S/C20H36N4O2/c1-8-21-19(22-12-13-23-20(2,3)4)24(5)14-11-16-9-10-17(25-6)18(15-16)26-7/h9-10,15,23H,8,11-14H2,1-7H3,(H,21,22). The highest BCUT2D eigenvalue weighted by molar-refractivity contribution is 5.79. The van der Waals surface area contributed by atoms with Gasteiger partial charge in [-0.25, -0.2) is 0 Å². The fraction of sp³-hybridized carbons (Fsp3) is 0.650. The van der Waals surface area contributed by atoms with E-state index in [9.17, 15) is 0 Å². The Bertz CT molecular complexity index is 567. The van der Waals surface area contributed by atoms with Gasteiger partial charge in [-0.15, -0.1) is 0 Å². The maximum absolute atomic E-state index is 5.38. The second-order valence-electron chi connectivity index (χ2n) is 7.27. The molecule has 0 aliphatic rings. The van der Waals surface area contributed by atoms with Crippen molar-refractivity contribution < 1.29 is 9.47 Å². The number of nitrogens with zero attached hydrogens (tertiary/aromatic N) is 2. The van der Waals surface area contributed by atoms with Gasteiger partial charge in [-0.1, -0.05) is 6.07 Å². The molecule has 1 rings (SSSR count). The van der Waals surface area contributed by atoms with Crippen molar-refractivity contribution in [2.75, 3.05) is 47.4 Å². The van der Waals surface area contributed by atoms with Crippen LogP contribution in [0.1, 0.15) is 33.3 Å². The van der Waals surface area contributed by atoms with Gasteiger partial charge in [-0.05, 0) is 51.8 Å². The lowest BCUT2D eigenvalue weighted by molar-refractivity contribution is 0.354. The van der Waals surface area contributed by atoms with E-state index in [0.717, 1.165) is 50.1 Å². The number of rotatable bonds is 9. The number of guanidine groups is 1. The van der Waals surface area contributed by atoms with Gasteiger partial charge in [-0.2, -0.15) is 0 Å². The minimum atomic E-state index is 0.118. The molecule has 148 valence electrons. The molecule has 6 nitrogen and oxygen atoms in total. The van der Waals surface area contributed by atoms with E-state index in [4.69, 9.17) is 14.5 Å². The van der Waals surface area contributed by atoms with Crippen LogP contribution < -0.4 is 20.1 Å². The Hall–Kier alpha value is -1.95. The van der Waals surface area contributed by atoms with Crippen LogP contribution in [0.25, 0.3) is 0 Å². The molecule has 1 aromatic carbocycles. The third kappa shape index (κ3) is 7.95. The SMILES string of the molecule is CCNC(=NCCNC(C)(C)C)N(C)CCc1ccc(OC)c(OC)c1. The van der Waals surface area contributed by atoms with Crippen LogP contribution in [0.3, 0.4) is 0 Å². The molecule has 6 heteroatoms. The van der Waals surface area contributed by atoms with E-state index in [0.29, 0.717) is 0 Å². The molecule has 0 saturated heterocycles. The summed E-state index contributed by atoms with van der Waals surface area (Å²) in [6.07, 6.45) is 0.904. The number of hydrogen-bond donors (Lipinski definition) is 2. The number of likely N-dealkylation sites (N-methyl/N-ethyl adjacent to an activating group) is 1. The molecule has 0 fully saturated rings. The van der Waals surface area contributed by atoms with Crippen LogP contribution in [-0.4, -0.2) is 63.8 Å². The predicted molar refractivity (Wildman–Crippen MR) is 110 cm³/mol. The minimum Gasteiger partial charge on any atom is -0.493 e. The van der Waals surface area contributed by atoms with Crippen molar-refractivity contribution in [3.05, 3.63) is 23.8 Å². The number of ether oxygens (including phenoxy) is 2. The molecule has 0 aliphatic heterocycles. The molecule has 0 heterocycles. The quantitative estimate of drug-likeness (QED) is 0.401. The molecule has 0 aromatic heterocycles. The highest BCUT2D eigenvalue weighted by Gasteiger charge is 2.10. The Morgan fingerprint density at radius 3 is 2.42 bits per heavy atom. The van der Waals surface area contributed by atoms with Crippen LogP contribution in [-0.2, 0) is 6.42 Å². The molecule has 0 saturated carbocycles. The van der Waals surface area contributed by atoms with Gasteiger partial charge >= 0.3 is 0 Å². The zero-order valence-electron chi connectivity index (χ0n) is 17.5. The predicted octanol–water partition coefficient (Wildman–Crippen LogP) is 2.53. The van der Waals surface area contributed by atoms with Crippen molar-refractivity contribution in [1.82, 2.24) is 15.5 Å². The highest BCUT2D eigenvalue weighted by atomic mass is 16.5. The van der Waals surface area contributed by atoms with Gasteiger partial charge in [0.05, 0.1) is 20.8 Å². The summed E-state index contributed by atoms with van der Waals surface area (Å²) < 4.78 is 10.7. The highest BCUT2D eigenvalue weighted by Crippen LogP contribution is 2.27. The van der Waals surface area contributed by atoms with E-state index in [2.05, 4.69) is 56.3 Å². The van der Waals surface area contributed by atoms with Crippen LogP contribution in [0, 0.1) is 0 Å². The van der Waals surface area contributed by atoms with E-state index in [1.165, 1.54) is 5.56 Å². The van der Waals surface area contributed by atoms with Crippen molar-refractivity contribution in [2.24, 2.45) is 4.99 Å². The molecular weight excluding hydrogens is 328 g/mol. The molecule has 1 aromatic rings. The van der Waals surface area contributed by atoms with Gasteiger partial charge in [0, 0.05) is 32.2 Å². The number of nitrogens with one attached hydrogen (secondary N) is 2. The molecule has 26 heavy (non-hydrogen) atoms.